The van der Waals surface area contributed by atoms with Crippen molar-refractivity contribution in [1.29, 1.82) is 0 Å². The SMILES string of the molecule is C=C(C)CS(=O)(=O)C1O[C@H](CC)[C@@H](C)[C@H](OCc2ccccc2)[C@H]1OCc1ccccc1. The average Bonchev–Trinajstić information content (AvgIpc) is 2.77. The van der Waals surface area contributed by atoms with Crippen LogP contribution in [-0.4, -0.2) is 37.9 Å². The molecule has 1 unspecified atom stereocenters. The molecule has 0 aliphatic carbocycles. The molecule has 6 heteroatoms. The van der Waals surface area contributed by atoms with Gasteiger partial charge in [0.25, 0.3) is 0 Å². The highest BCUT2D eigenvalue weighted by atomic mass is 32.2. The van der Waals surface area contributed by atoms with E-state index in [1.807, 2.05) is 74.5 Å². The third-order valence-corrected chi connectivity index (χ3v) is 7.76. The molecular formula is C26H34O5S. The molecule has 0 bridgehead atoms. The van der Waals surface area contributed by atoms with Crippen molar-refractivity contribution in [3.8, 4) is 0 Å². The topological polar surface area (TPSA) is 61.8 Å². The minimum absolute atomic E-state index is 0.0271. The fourth-order valence-corrected chi connectivity index (χ4v) is 5.98. The standard InChI is InChI=1S/C26H34O5S/c1-5-23-20(4)24(29-16-21-12-8-6-9-13-21)25(30-17-22-14-10-7-11-15-22)26(31-23)32(27,28)18-19(2)3/h6-15,20,23-26H,2,5,16-18H2,1,3-4H3/t20-,23-,24+,25-,26?/m1/s1. The summed E-state index contributed by atoms with van der Waals surface area (Å²) in [5.41, 5.74) is 1.46. The van der Waals surface area contributed by atoms with Gasteiger partial charge < -0.3 is 14.2 Å². The van der Waals surface area contributed by atoms with E-state index in [2.05, 4.69) is 6.58 Å². The number of sulfone groups is 1. The molecule has 1 aliphatic heterocycles. The summed E-state index contributed by atoms with van der Waals surface area (Å²) in [5, 5.41) is 0. The van der Waals surface area contributed by atoms with Crippen molar-refractivity contribution in [3.05, 3.63) is 83.9 Å². The van der Waals surface area contributed by atoms with Crippen molar-refractivity contribution < 1.29 is 22.6 Å². The van der Waals surface area contributed by atoms with Crippen molar-refractivity contribution in [2.24, 2.45) is 5.92 Å². The fraction of sp³-hybridized carbons (Fsp3) is 0.462. The van der Waals surface area contributed by atoms with Crippen molar-refractivity contribution in [3.63, 3.8) is 0 Å². The van der Waals surface area contributed by atoms with Crippen LogP contribution < -0.4 is 0 Å². The Kier molecular flexibility index (Phi) is 8.65. The Hall–Kier alpha value is -1.99. The predicted molar refractivity (Wildman–Crippen MR) is 127 cm³/mol. The molecule has 1 saturated heterocycles. The van der Waals surface area contributed by atoms with Crippen molar-refractivity contribution in [1.82, 2.24) is 0 Å². The van der Waals surface area contributed by atoms with Gasteiger partial charge in [0.2, 0.25) is 0 Å². The molecule has 5 atom stereocenters. The van der Waals surface area contributed by atoms with E-state index < -0.39 is 27.5 Å². The molecule has 1 aliphatic rings. The second-order valence-corrected chi connectivity index (χ2v) is 10.7. The third kappa shape index (κ3) is 6.29. The first-order chi connectivity index (χ1) is 15.3. The lowest BCUT2D eigenvalue weighted by Crippen LogP contribution is -2.58. The van der Waals surface area contributed by atoms with Crippen LogP contribution in [0, 0.1) is 5.92 Å². The second kappa shape index (κ2) is 11.2. The molecule has 0 spiro atoms. The monoisotopic (exact) mass is 458 g/mol. The molecule has 2 aromatic carbocycles. The Labute approximate surface area is 192 Å². The summed E-state index contributed by atoms with van der Waals surface area (Å²) < 4.78 is 45.3. The third-order valence-electron chi connectivity index (χ3n) is 5.78. The molecule has 0 amide bonds. The van der Waals surface area contributed by atoms with Crippen LogP contribution in [0.3, 0.4) is 0 Å². The van der Waals surface area contributed by atoms with Gasteiger partial charge in [-0.05, 0) is 24.5 Å². The van der Waals surface area contributed by atoms with Crippen LogP contribution in [0.1, 0.15) is 38.3 Å². The molecule has 5 nitrogen and oxygen atoms in total. The maximum Gasteiger partial charge on any atom is 0.187 e. The van der Waals surface area contributed by atoms with Gasteiger partial charge in [0.05, 0.1) is 31.2 Å². The van der Waals surface area contributed by atoms with E-state index in [0.717, 1.165) is 11.1 Å². The number of hydrogen-bond donors (Lipinski definition) is 0. The highest BCUT2D eigenvalue weighted by molar-refractivity contribution is 7.92. The normalized spacial score (nSPS) is 26.0. The summed E-state index contributed by atoms with van der Waals surface area (Å²) in [7, 11) is -3.65. The Bertz CT molecular complexity index is 958. The van der Waals surface area contributed by atoms with Gasteiger partial charge >= 0.3 is 0 Å². The van der Waals surface area contributed by atoms with Gasteiger partial charge in [-0.25, -0.2) is 8.42 Å². The Balaban J connectivity index is 1.90. The van der Waals surface area contributed by atoms with Gasteiger partial charge in [0.15, 0.2) is 15.3 Å². The van der Waals surface area contributed by atoms with E-state index in [1.165, 1.54) is 0 Å². The van der Waals surface area contributed by atoms with E-state index in [9.17, 15) is 8.42 Å². The second-order valence-electron chi connectivity index (χ2n) is 8.60. The Morgan fingerprint density at radius 3 is 1.91 bits per heavy atom. The lowest BCUT2D eigenvalue weighted by molar-refractivity contribution is -0.210. The lowest BCUT2D eigenvalue weighted by atomic mass is 9.89. The van der Waals surface area contributed by atoms with E-state index in [0.29, 0.717) is 18.6 Å². The number of benzene rings is 2. The van der Waals surface area contributed by atoms with Gasteiger partial charge in [-0.2, -0.15) is 0 Å². The first-order valence-electron chi connectivity index (χ1n) is 11.1. The van der Waals surface area contributed by atoms with E-state index in [-0.39, 0.29) is 24.4 Å². The minimum Gasteiger partial charge on any atom is -0.370 e. The number of hydrogen-bond acceptors (Lipinski definition) is 5. The summed E-state index contributed by atoms with van der Waals surface area (Å²) >= 11 is 0. The molecule has 174 valence electrons. The Morgan fingerprint density at radius 1 is 0.938 bits per heavy atom. The van der Waals surface area contributed by atoms with Crippen LogP contribution in [-0.2, 0) is 37.3 Å². The molecule has 0 radical (unpaired) electrons. The van der Waals surface area contributed by atoms with Crippen LogP contribution >= 0.6 is 0 Å². The fourth-order valence-electron chi connectivity index (χ4n) is 4.18. The predicted octanol–water partition coefficient (Wildman–Crippen LogP) is 4.92. The molecule has 1 fully saturated rings. The van der Waals surface area contributed by atoms with Gasteiger partial charge in [0.1, 0.15) is 6.10 Å². The van der Waals surface area contributed by atoms with Crippen molar-refractivity contribution >= 4 is 9.84 Å². The smallest absolute Gasteiger partial charge is 0.187 e. The number of rotatable bonds is 10. The maximum atomic E-state index is 13.3. The maximum absolute atomic E-state index is 13.3. The quantitative estimate of drug-likeness (QED) is 0.473. The molecular weight excluding hydrogens is 424 g/mol. The number of ether oxygens (including phenoxy) is 3. The molecule has 0 N–H and O–H groups in total. The zero-order chi connectivity index (χ0) is 23.1. The van der Waals surface area contributed by atoms with Gasteiger partial charge in [-0.15, -0.1) is 0 Å². The van der Waals surface area contributed by atoms with Gasteiger partial charge in [-0.3, -0.25) is 0 Å². The van der Waals surface area contributed by atoms with E-state index in [4.69, 9.17) is 14.2 Å². The summed E-state index contributed by atoms with van der Waals surface area (Å²) in [6, 6.07) is 19.6. The molecule has 1 heterocycles. The van der Waals surface area contributed by atoms with Crippen LogP contribution in [0.5, 0.6) is 0 Å². The zero-order valence-corrected chi connectivity index (χ0v) is 20.0. The van der Waals surface area contributed by atoms with Gasteiger partial charge in [0, 0.05) is 5.92 Å². The molecule has 2 aromatic rings. The first-order valence-corrected chi connectivity index (χ1v) is 12.9. The minimum atomic E-state index is -3.65. The first kappa shape index (κ1) is 24.6. The van der Waals surface area contributed by atoms with Crippen LogP contribution in [0.25, 0.3) is 0 Å². The highest BCUT2D eigenvalue weighted by Gasteiger charge is 2.49. The summed E-state index contributed by atoms with van der Waals surface area (Å²) in [4.78, 5) is 0. The molecule has 32 heavy (non-hydrogen) atoms. The van der Waals surface area contributed by atoms with Crippen molar-refractivity contribution in [2.75, 3.05) is 5.75 Å². The zero-order valence-electron chi connectivity index (χ0n) is 19.1. The highest BCUT2D eigenvalue weighted by Crippen LogP contribution is 2.35. The van der Waals surface area contributed by atoms with Crippen LogP contribution in [0.15, 0.2) is 72.8 Å². The van der Waals surface area contributed by atoms with Gasteiger partial charge in [-0.1, -0.05) is 86.7 Å². The molecule has 3 rings (SSSR count). The lowest BCUT2D eigenvalue weighted by Gasteiger charge is -2.45. The van der Waals surface area contributed by atoms with Crippen LogP contribution in [0.4, 0.5) is 0 Å². The average molecular weight is 459 g/mol. The molecule has 0 saturated carbocycles. The molecule has 0 aromatic heterocycles. The van der Waals surface area contributed by atoms with E-state index >= 15 is 0 Å². The summed E-state index contributed by atoms with van der Waals surface area (Å²) in [6.45, 7) is 10.2. The summed E-state index contributed by atoms with van der Waals surface area (Å²) in [5.74, 6) is -0.167. The van der Waals surface area contributed by atoms with Crippen molar-refractivity contribution in [2.45, 2.75) is 64.2 Å². The summed E-state index contributed by atoms with van der Waals surface area (Å²) in [6.07, 6.45) is -0.725. The van der Waals surface area contributed by atoms with E-state index in [1.54, 1.807) is 6.92 Å². The largest absolute Gasteiger partial charge is 0.370 e. The van der Waals surface area contributed by atoms with Crippen LogP contribution in [0.2, 0.25) is 0 Å². The Morgan fingerprint density at radius 2 is 1.44 bits per heavy atom.